The second kappa shape index (κ2) is 7.20. The summed E-state index contributed by atoms with van der Waals surface area (Å²) in [5, 5.41) is 8.18. The van der Waals surface area contributed by atoms with Crippen LogP contribution < -0.4 is 5.32 Å². The predicted molar refractivity (Wildman–Crippen MR) is 79.6 cm³/mol. The lowest BCUT2D eigenvalue weighted by Crippen LogP contribution is -2.35. The van der Waals surface area contributed by atoms with E-state index in [-0.39, 0.29) is 0 Å². The van der Waals surface area contributed by atoms with Crippen molar-refractivity contribution < 1.29 is 4.21 Å². The van der Waals surface area contributed by atoms with E-state index in [2.05, 4.69) is 41.2 Å². The molecule has 0 aromatic carbocycles. The SMILES string of the molecule is CCC(CC)n1ccc(CNC2CCS(=O)CC2)n1. The van der Waals surface area contributed by atoms with Crippen LogP contribution in [0, 0.1) is 0 Å². The third-order valence-corrected chi connectivity index (χ3v) is 5.32. The number of nitrogens with one attached hydrogen (secondary N) is 1. The van der Waals surface area contributed by atoms with Gasteiger partial charge in [-0.2, -0.15) is 5.10 Å². The first kappa shape index (κ1) is 14.7. The summed E-state index contributed by atoms with van der Waals surface area (Å²) in [5.41, 5.74) is 1.11. The monoisotopic (exact) mass is 283 g/mol. The zero-order valence-electron chi connectivity index (χ0n) is 12.0. The number of hydrogen-bond acceptors (Lipinski definition) is 3. The largest absolute Gasteiger partial charge is 0.308 e. The molecule has 0 bridgehead atoms. The molecule has 2 rings (SSSR count). The Hall–Kier alpha value is -0.680. The Morgan fingerprint density at radius 2 is 2.11 bits per heavy atom. The fourth-order valence-corrected chi connectivity index (χ4v) is 3.88. The minimum atomic E-state index is -0.573. The Bertz CT molecular complexity index is 405. The highest BCUT2D eigenvalue weighted by molar-refractivity contribution is 7.85. The van der Waals surface area contributed by atoms with Crippen LogP contribution in [0.1, 0.15) is 51.3 Å². The molecule has 1 fully saturated rings. The van der Waals surface area contributed by atoms with Crippen LogP contribution in [-0.4, -0.2) is 31.5 Å². The smallest absolute Gasteiger partial charge is 0.0762 e. The van der Waals surface area contributed by atoms with Gasteiger partial charge in [0, 0.05) is 41.1 Å². The van der Waals surface area contributed by atoms with E-state index in [1.165, 1.54) is 0 Å². The van der Waals surface area contributed by atoms with Crippen molar-refractivity contribution in [3.05, 3.63) is 18.0 Å². The molecular weight excluding hydrogens is 258 g/mol. The van der Waals surface area contributed by atoms with Crippen molar-refractivity contribution in [2.45, 2.75) is 58.2 Å². The first-order valence-corrected chi connectivity index (χ1v) is 8.84. The maximum absolute atomic E-state index is 11.3. The Balaban J connectivity index is 1.81. The van der Waals surface area contributed by atoms with Crippen LogP contribution in [0.5, 0.6) is 0 Å². The van der Waals surface area contributed by atoms with Gasteiger partial charge in [0.15, 0.2) is 0 Å². The van der Waals surface area contributed by atoms with Gasteiger partial charge in [0.25, 0.3) is 0 Å². The van der Waals surface area contributed by atoms with E-state index in [1.807, 2.05) is 0 Å². The molecule has 5 heteroatoms. The standard InChI is InChI=1S/C14H25N3OS/c1-3-14(4-2)17-8-5-13(16-17)11-15-12-6-9-19(18)10-7-12/h5,8,12,14-15H,3-4,6-7,9-11H2,1-2H3. The van der Waals surface area contributed by atoms with Crippen molar-refractivity contribution in [3.63, 3.8) is 0 Å². The van der Waals surface area contributed by atoms with E-state index >= 15 is 0 Å². The lowest BCUT2D eigenvalue weighted by molar-refractivity contribution is 0.419. The van der Waals surface area contributed by atoms with Gasteiger partial charge < -0.3 is 5.32 Å². The van der Waals surface area contributed by atoms with Crippen LogP contribution in [0.3, 0.4) is 0 Å². The molecule has 108 valence electrons. The minimum absolute atomic E-state index is 0.510. The molecular formula is C14H25N3OS. The van der Waals surface area contributed by atoms with Gasteiger partial charge in [-0.3, -0.25) is 8.89 Å². The molecule has 0 aliphatic carbocycles. The quantitative estimate of drug-likeness (QED) is 0.871. The summed E-state index contributed by atoms with van der Waals surface area (Å²) in [6, 6.07) is 3.13. The zero-order valence-corrected chi connectivity index (χ0v) is 12.8. The summed E-state index contributed by atoms with van der Waals surface area (Å²) in [4.78, 5) is 0. The Morgan fingerprint density at radius 1 is 1.42 bits per heavy atom. The fourth-order valence-electron chi connectivity index (χ4n) is 2.58. The molecule has 1 saturated heterocycles. The van der Waals surface area contributed by atoms with Gasteiger partial charge in [-0.1, -0.05) is 13.8 Å². The van der Waals surface area contributed by atoms with Crippen LogP contribution in [0.2, 0.25) is 0 Å². The molecule has 1 N–H and O–H groups in total. The third-order valence-electron chi connectivity index (χ3n) is 3.94. The van der Waals surface area contributed by atoms with Gasteiger partial charge in [0.1, 0.15) is 0 Å². The van der Waals surface area contributed by atoms with Gasteiger partial charge in [0.2, 0.25) is 0 Å². The topological polar surface area (TPSA) is 46.9 Å². The van der Waals surface area contributed by atoms with E-state index in [4.69, 9.17) is 0 Å². The molecule has 19 heavy (non-hydrogen) atoms. The lowest BCUT2D eigenvalue weighted by Gasteiger charge is -2.22. The first-order chi connectivity index (χ1) is 9.22. The molecule has 4 nitrogen and oxygen atoms in total. The van der Waals surface area contributed by atoms with Crippen molar-refractivity contribution >= 4 is 10.8 Å². The van der Waals surface area contributed by atoms with Crippen molar-refractivity contribution in [1.29, 1.82) is 0 Å². The van der Waals surface area contributed by atoms with Crippen LogP contribution in [-0.2, 0) is 17.3 Å². The van der Waals surface area contributed by atoms with Gasteiger partial charge in [0.05, 0.1) is 11.7 Å². The van der Waals surface area contributed by atoms with Crippen molar-refractivity contribution in [3.8, 4) is 0 Å². The average Bonchev–Trinajstić information content (AvgIpc) is 2.88. The van der Waals surface area contributed by atoms with Gasteiger partial charge >= 0.3 is 0 Å². The zero-order chi connectivity index (χ0) is 13.7. The molecule has 0 unspecified atom stereocenters. The average molecular weight is 283 g/mol. The summed E-state index contributed by atoms with van der Waals surface area (Å²) in [7, 11) is -0.573. The second-order valence-electron chi connectivity index (χ2n) is 5.26. The van der Waals surface area contributed by atoms with Gasteiger partial charge in [-0.05, 0) is 31.7 Å². The summed E-state index contributed by atoms with van der Waals surface area (Å²) in [6.07, 6.45) is 6.39. The molecule has 1 aromatic heterocycles. The van der Waals surface area contributed by atoms with Gasteiger partial charge in [-0.25, -0.2) is 0 Å². The van der Waals surface area contributed by atoms with E-state index in [9.17, 15) is 4.21 Å². The highest BCUT2D eigenvalue weighted by Gasteiger charge is 2.17. The van der Waals surface area contributed by atoms with Gasteiger partial charge in [-0.15, -0.1) is 0 Å². The summed E-state index contributed by atoms with van der Waals surface area (Å²) in [5.74, 6) is 1.69. The normalized spacial score (nSPS) is 23.9. The maximum Gasteiger partial charge on any atom is 0.0762 e. The van der Waals surface area contributed by atoms with E-state index in [0.29, 0.717) is 12.1 Å². The van der Waals surface area contributed by atoms with E-state index < -0.39 is 10.8 Å². The van der Waals surface area contributed by atoms with E-state index in [1.54, 1.807) is 0 Å². The molecule has 1 aromatic rings. The number of aromatic nitrogens is 2. The molecule has 0 amide bonds. The van der Waals surface area contributed by atoms with Crippen LogP contribution in [0.4, 0.5) is 0 Å². The fraction of sp³-hybridized carbons (Fsp3) is 0.786. The maximum atomic E-state index is 11.3. The number of nitrogens with zero attached hydrogens (tertiary/aromatic N) is 2. The van der Waals surface area contributed by atoms with Crippen molar-refractivity contribution in [2.24, 2.45) is 0 Å². The van der Waals surface area contributed by atoms with Crippen LogP contribution in [0.15, 0.2) is 12.3 Å². The van der Waals surface area contributed by atoms with Crippen LogP contribution >= 0.6 is 0 Å². The summed E-state index contributed by atoms with van der Waals surface area (Å²) < 4.78 is 13.4. The Labute approximate surface area is 118 Å². The lowest BCUT2D eigenvalue weighted by atomic mass is 10.1. The predicted octanol–water partition coefficient (Wildman–Crippen LogP) is 2.24. The molecule has 0 atom stereocenters. The molecule has 1 aliphatic rings. The minimum Gasteiger partial charge on any atom is -0.308 e. The number of rotatable bonds is 6. The second-order valence-corrected chi connectivity index (χ2v) is 6.96. The summed E-state index contributed by atoms with van der Waals surface area (Å²) in [6.45, 7) is 5.23. The molecule has 1 aliphatic heterocycles. The van der Waals surface area contributed by atoms with Crippen molar-refractivity contribution in [2.75, 3.05) is 11.5 Å². The Morgan fingerprint density at radius 3 is 2.74 bits per heavy atom. The summed E-state index contributed by atoms with van der Waals surface area (Å²) >= 11 is 0. The molecule has 0 saturated carbocycles. The highest BCUT2D eigenvalue weighted by Crippen LogP contribution is 2.15. The van der Waals surface area contributed by atoms with Crippen molar-refractivity contribution in [1.82, 2.24) is 15.1 Å². The molecule has 0 radical (unpaired) electrons. The first-order valence-electron chi connectivity index (χ1n) is 7.35. The van der Waals surface area contributed by atoms with Crippen LogP contribution in [0.25, 0.3) is 0 Å². The van der Waals surface area contributed by atoms with E-state index in [0.717, 1.165) is 49.4 Å². The third kappa shape index (κ3) is 4.14. The number of hydrogen-bond donors (Lipinski definition) is 1. The molecule has 2 heterocycles. The Kier molecular flexibility index (Phi) is 5.58. The highest BCUT2D eigenvalue weighted by atomic mass is 32.2. The molecule has 0 spiro atoms.